The number of carboxylic acids is 1. The van der Waals surface area contributed by atoms with Crippen molar-refractivity contribution in [3.8, 4) is 22.5 Å². The van der Waals surface area contributed by atoms with Crippen LogP contribution in [-0.4, -0.2) is 121 Å². The summed E-state index contributed by atoms with van der Waals surface area (Å²) >= 11 is 14.4. The largest absolute Gasteiger partial charge is 0.477 e. The molecular weight excluding hydrogens is 1010 g/mol. The third kappa shape index (κ3) is 7.62. The number of carbonyl (C=O) groups excluding carboxylic acids is 3. The number of sulfone groups is 1. The fraction of sp³-hybridized carbons (Fsp3) is 0.260. The van der Waals surface area contributed by atoms with Crippen molar-refractivity contribution >= 4 is 107 Å². The van der Waals surface area contributed by atoms with Crippen molar-refractivity contribution in [1.29, 1.82) is 0 Å². The molecule has 4 aromatic rings. The Bertz CT molecular complexity index is 3620. The first-order valence-electron chi connectivity index (χ1n) is 22.3. The minimum atomic E-state index is -4.44. The van der Waals surface area contributed by atoms with Crippen LogP contribution in [0.25, 0.3) is 33.4 Å². The molecule has 0 aromatic heterocycles. The second kappa shape index (κ2) is 17.5. The number of para-hydroxylation sites is 2. The summed E-state index contributed by atoms with van der Waals surface area (Å²) in [6, 6.07) is 30.0. The number of rotatable bonds is 11. The zero-order chi connectivity index (χ0) is 50.6. The van der Waals surface area contributed by atoms with Gasteiger partial charge in [-0.15, -0.1) is 11.8 Å². The average Bonchev–Trinajstić information content (AvgIpc) is 3.47. The van der Waals surface area contributed by atoms with Gasteiger partial charge >= 0.3 is 5.97 Å². The number of β-lactam (4-membered cyclic amide) rings is 2. The number of sulfonamides is 1. The Morgan fingerprint density at radius 2 is 1.62 bits per heavy atom. The van der Waals surface area contributed by atoms with Crippen molar-refractivity contribution in [3.05, 3.63) is 136 Å². The summed E-state index contributed by atoms with van der Waals surface area (Å²) in [5, 5.41) is 13.5. The molecule has 5 aliphatic heterocycles. The molecule has 3 saturated heterocycles. The minimum Gasteiger partial charge on any atom is -0.477 e. The number of carbonyl (C=O) groups is 4. The van der Waals surface area contributed by atoms with Gasteiger partial charge in [-0.25, -0.2) is 21.6 Å². The van der Waals surface area contributed by atoms with Crippen molar-refractivity contribution in [2.24, 2.45) is 0 Å². The Labute approximate surface area is 423 Å². The summed E-state index contributed by atoms with van der Waals surface area (Å²) in [7, 11) is -3.25. The highest BCUT2D eigenvalue weighted by molar-refractivity contribution is 8.00. The summed E-state index contributed by atoms with van der Waals surface area (Å²) in [4.78, 5) is 56.8. The summed E-state index contributed by atoms with van der Waals surface area (Å²) in [5.41, 5.74) is 3.90. The van der Waals surface area contributed by atoms with Crippen LogP contribution in [0.4, 0.5) is 17.1 Å². The second-order valence-corrected chi connectivity index (χ2v) is 24.9. The van der Waals surface area contributed by atoms with Crippen LogP contribution in [-0.2, 0) is 39.0 Å². The molecule has 21 heteroatoms. The topological polar surface area (TPSA) is 198 Å². The molecule has 0 saturated carbocycles. The van der Waals surface area contributed by atoms with Crippen LogP contribution in [0.15, 0.2) is 130 Å². The molecule has 6 aliphatic rings. The monoisotopic (exact) mass is 1060 g/mol. The Kier molecular flexibility index (Phi) is 11.9. The number of hydrogen-bond donors (Lipinski definition) is 2. The molecule has 71 heavy (non-hydrogen) atoms. The third-order valence-corrected chi connectivity index (χ3v) is 20.6. The highest BCUT2D eigenvalue weighted by Gasteiger charge is 2.68. The van der Waals surface area contributed by atoms with E-state index in [9.17, 15) is 32.7 Å². The SMILES string of the molecule is CN(c1ccc2c(-c3ccccc3S(=O)(=O)N(C)CC3=C(C(=O)O)N4C(=O)[C@@H](NC(=O)[C@@H]5N6C(=O)C[C@H]6S(=O)(=O)C5(C)C)[C@H]4SC3)c3ccc(=[N+](C)c4ccccc4Cl)cc-3oc2c1)c1ccccc1Cl. The van der Waals surface area contributed by atoms with E-state index in [1.165, 1.54) is 27.0 Å². The first-order chi connectivity index (χ1) is 33.6. The molecule has 0 unspecified atom stereocenters. The number of likely N-dealkylation sites (N-methyl/N-ethyl adjacent to an activating group) is 1. The highest BCUT2D eigenvalue weighted by atomic mass is 35.5. The zero-order valence-electron chi connectivity index (χ0n) is 38.7. The van der Waals surface area contributed by atoms with Gasteiger partial charge in [0.25, 0.3) is 5.91 Å². The van der Waals surface area contributed by atoms with Crippen molar-refractivity contribution < 1.29 is 45.5 Å². The summed E-state index contributed by atoms with van der Waals surface area (Å²) < 4.78 is 64.4. The van der Waals surface area contributed by atoms with E-state index in [4.69, 9.17) is 27.6 Å². The Balaban J connectivity index is 1.00. The van der Waals surface area contributed by atoms with Gasteiger partial charge in [-0.1, -0.05) is 65.7 Å². The van der Waals surface area contributed by atoms with E-state index in [0.717, 1.165) is 48.3 Å². The van der Waals surface area contributed by atoms with E-state index < -0.39 is 83.4 Å². The molecule has 4 aromatic carbocycles. The van der Waals surface area contributed by atoms with E-state index in [1.54, 1.807) is 30.3 Å². The molecule has 16 nitrogen and oxygen atoms in total. The maximum atomic E-state index is 15.0. The number of halogens is 2. The lowest BCUT2D eigenvalue weighted by Crippen LogP contribution is -2.72. The number of anilines is 2. The van der Waals surface area contributed by atoms with Gasteiger partial charge in [0, 0.05) is 72.4 Å². The fourth-order valence-electron chi connectivity index (χ4n) is 10.0. The highest BCUT2D eigenvalue weighted by Crippen LogP contribution is 2.48. The number of carboxylic acid groups (broad SMARTS) is 1. The number of aliphatic carboxylic acids is 1. The number of nitrogens with one attached hydrogen (secondary N) is 1. The quantitative estimate of drug-likeness (QED) is 0.0813. The van der Waals surface area contributed by atoms with E-state index in [2.05, 4.69) is 5.32 Å². The van der Waals surface area contributed by atoms with Gasteiger partial charge in [0.1, 0.15) is 51.9 Å². The second-order valence-electron chi connectivity index (χ2n) is 18.3. The Hall–Kier alpha value is -6.22. The lowest BCUT2D eigenvalue weighted by molar-refractivity contribution is -0.154. The Morgan fingerprint density at radius 1 is 0.930 bits per heavy atom. The average molecular weight is 1060 g/mol. The van der Waals surface area contributed by atoms with Gasteiger partial charge in [-0.05, 0) is 61.9 Å². The van der Waals surface area contributed by atoms with Gasteiger partial charge < -0.3 is 24.6 Å². The molecular formula is C50H45Cl2N6O10S3+. The molecule has 3 fully saturated rings. The molecule has 2 N–H and O–H groups in total. The van der Waals surface area contributed by atoms with Gasteiger partial charge in [0.2, 0.25) is 32.9 Å². The molecule has 5 heterocycles. The van der Waals surface area contributed by atoms with Crippen molar-refractivity contribution in [3.63, 3.8) is 0 Å². The smallest absolute Gasteiger partial charge is 0.352 e. The minimum absolute atomic E-state index is 0.0225. The first kappa shape index (κ1) is 48.4. The molecule has 0 radical (unpaired) electrons. The predicted molar refractivity (Wildman–Crippen MR) is 272 cm³/mol. The van der Waals surface area contributed by atoms with E-state index in [1.807, 2.05) is 96.4 Å². The number of hydrogen-bond acceptors (Lipinski definition) is 11. The summed E-state index contributed by atoms with van der Waals surface area (Å²) in [6.07, 6.45) is -0.235. The number of benzene rings is 5. The number of thioether (sulfide) groups is 1. The van der Waals surface area contributed by atoms with E-state index >= 15 is 8.42 Å². The summed E-state index contributed by atoms with van der Waals surface area (Å²) in [6.45, 7) is 2.31. The van der Waals surface area contributed by atoms with Crippen LogP contribution >= 0.6 is 35.0 Å². The lowest BCUT2D eigenvalue weighted by atomic mass is 9.93. The van der Waals surface area contributed by atoms with E-state index in [-0.39, 0.29) is 22.6 Å². The molecule has 366 valence electrons. The molecule has 3 amide bonds. The van der Waals surface area contributed by atoms with Gasteiger partial charge in [0.05, 0.1) is 32.8 Å². The Morgan fingerprint density at radius 3 is 2.32 bits per heavy atom. The van der Waals surface area contributed by atoms with Crippen molar-refractivity contribution in [1.82, 2.24) is 24.0 Å². The number of amides is 3. The van der Waals surface area contributed by atoms with Crippen LogP contribution in [0.3, 0.4) is 0 Å². The first-order valence-corrected chi connectivity index (χ1v) is 27.0. The molecule has 10 rings (SSSR count). The molecule has 0 bridgehead atoms. The third-order valence-electron chi connectivity index (χ3n) is 13.9. The molecule has 4 atom stereocenters. The van der Waals surface area contributed by atoms with Crippen LogP contribution < -0.4 is 20.1 Å². The van der Waals surface area contributed by atoms with E-state index in [0.29, 0.717) is 43.5 Å². The maximum Gasteiger partial charge on any atom is 0.352 e. The van der Waals surface area contributed by atoms with Crippen LogP contribution in [0.5, 0.6) is 0 Å². The maximum absolute atomic E-state index is 15.0. The van der Waals surface area contributed by atoms with Crippen molar-refractivity contribution in [2.75, 3.05) is 38.3 Å². The number of nitrogens with zero attached hydrogens (tertiary/aromatic N) is 5. The van der Waals surface area contributed by atoms with Gasteiger partial charge in [-0.3, -0.25) is 19.3 Å². The lowest BCUT2D eigenvalue weighted by Gasteiger charge is -2.50. The number of fused-ring (bicyclic) bond motifs is 4. The fourth-order valence-corrected chi connectivity index (χ4v) is 15.4. The van der Waals surface area contributed by atoms with Gasteiger partial charge in [0.15, 0.2) is 9.84 Å². The van der Waals surface area contributed by atoms with Crippen LogP contribution in [0, 0.1) is 0 Å². The van der Waals surface area contributed by atoms with Gasteiger partial charge in [-0.2, -0.15) is 8.88 Å². The predicted octanol–water partition coefficient (Wildman–Crippen LogP) is 6.51. The zero-order valence-corrected chi connectivity index (χ0v) is 42.6. The molecule has 0 spiro atoms. The molecule has 1 aliphatic carbocycles. The van der Waals surface area contributed by atoms with Crippen molar-refractivity contribution in [2.45, 2.75) is 52.7 Å². The standard InChI is InChI=1S/C50H44Cl2N6O10S3/c1-50(2)45(57-40(59)24-41(57)70(50,64)65)46(60)53-43-47(61)58-44(49(62)63)27(26-69-48(43)58)25-54(3)71(66,67)39-17-11-6-12-32(39)42-30-20-18-28(55(4)35-15-9-7-13-33(35)51)22-37(30)68-38-23-29(19-21-31(38)42)56(5)36-16-10-8-14-34(36)52/h6-23,41,43,45,48H,24-26H2,1-5H3,(H-,53,60,62,63)/p+1/t41-,43-,45+,48-/m1/s1. The summed E-state index contributed by atoms with van der Waals surface area (Å²) in [5.74, 6) is -3.17. The van der Waals surface area contributed by atoms with Crippen LogP contribution in [0.1, 0.15) is 20.3 Å². The van der Waals surface area contributed by atoms with Crippen LogP contribution in [0.2, 0.25) is 10.0 Å². The normalized spacial score (nSPS) is 21.7.